The van der Waals surface area contributed by atoms with Crippen LogP contribution in [0, 0.1) is 0 Å². The second kappa shape index (κ2) is 38.5. The number of hydrogen-bond donors (Lipinski definition) is 2. The summed E-state index contributed by atoms with van der Waals surface area (Å²) in [7, 11) is 0. The van der Waals surface area contributed by atoms with Crippen LogP contribution in [0.5, 0.6) is 0 Å². The number of ether oxygens (including phenoxy) is 4. The maximum Gasteiger partial charge on any atom is 0.184 e. The van der Waals surface area contributed by atoms with Crippen molar-refractivity contribution in [3.8, 4) is 0 Å². The molecule has 0 aromatic carbocycles. The fourth-order valence-corrected chi connectivity index (χ4v) is 5.92. The minimum atomic E-state index is -0.748. The van der Waals surface area contributed by atoms with E-state index in [1.165, 1.54) is 103 Å². The normalized spacial score (nSPS) is 12.7. The molecule has 0 aromatic rings. The number of unbranched alkanes of at least 4 members (excludes halogenated alkanes) is 19. The first kappa shape index (κ1) is 46.7. The molecule has 2 N–H and O–H groups in total. The molecule has 0 heterocycles. The van der Waals surface area contributed by atoms with Gasteiger partial charge in [-0.2, -0.15) is 0 Å². The maximum atomic E-state index is 11.2. The van der Waals surface area contributed by atoms with Gasteiger partial charge in [-0.25, -0.2) is 0 Å². The quantitative estimate of drug-likeness (QED) is 0.0495. The Morgan fingerprint density at radius 2 is 0.830 bits per heavy atom. The summed E-state index contributed by atoms with van der Waals surface area (Å²) < 4.78 is 24.7. The van der Waals surface area contributed by atoms with Crippen molar-refractivity contribution in [1.82, 2.24) is 4.90 Å². The summed E-state index contributed by atoms with van der Waals surface area (Å²) >= 11 is 0. The van der Waals surface area contributed by atoms with Crippen molar-refractivity contribution in [1.29, 1.82) is 0 Å². The summed E-state index contributed by atoms with van der Waals surface area (Å²) in [5, 5.41) is 21.0. The zero-order valence-electron chi connectivity index (χ0n) is 32.0. The predicted octanol–water partition coefficient (Wildman–Crippen LogP) is 10.2. The molecule has 0 radical (unpaired) electrons. The average molecular weight is 674 g/mol. The van der Waals surface area contributed by atoms with Gasteiger partial charge in [-0.15, -0.1) is 0 Å². The van der Waals surface area contributed by atoms with Gasteiger partial charge in [0, 0.05) is 39.5 Å². The lowest BCUT2D eigenvalue weighted by molar-refractivity contribution is -0.198. The molecule has 0 aliphatic heterocycles. The summed E-state index contributed by atoms with van der Waals surface area (Å²) in [6, 6.07) is 0. The maximum absolute atomic E-state index is 11.2. The Labute approximate surface area is 293 Å². The molecule has 0 spiro atoms. The van der Waals surface area contributed by atoms with Crippen LogP contribution >= 0.6 is 0 Å². The van der Waals surface area contributed by atoms with E-state index in [1.54, 1.807) is 0 Å². The van der Waals surface area contributed by atoms with Crippen LogP contribution in [0.25, 0.3) is 0 Å². The Kier molecular flexibility index (Phi) is 38.3. The van der Waals surface area contributed by atoms with E-state index < -0.39 is 12.4 Å². The van der Waals surface area contributed by atoms with E-state index in [-0.39, 0.29) is 12.9 Å². The fourth-order valence-electron chi connectivity index (χ4n) is 5.92. The van der Waals surface area contributed by atoms with E-state index in [1.807, 2.05) is 0 Å². The fraction of sp³-hybridized carbons (Fsp3) is 1.00. The third-order valence-corrected chi connectivity index (χ3v) is 9.00. The lowest BCUT2D eigenvalue weighted by Crippen LogP contribution is -2.43. The Morgan fingerprint density at radius 1 is 0.447 bits per heavy atom. The molecule has 0 bridgehead atoms. The molecule has 284 valence electrons. The summed E-state index contributed by atoms with van der Waals surface area (Å²) in [4.78, 5) is 2.15. The second-order valence-electron chi connectivity index (χ2n) is 13.7. The van der Waals surface area contributed by atoms with Crippen LogP contribution in [0.4, 0.5) is 0 Å². The zero-order chi connectivity index (χ0) is 34.5. The highest BCUT2D eigenvalue weighted by Gasteiger charge is 2.23. The monoisotopic (exact) mass is 674 g/mol. The smallest absolute Gasteiger partial charge is 0.184 e. The molecule has 0 aromatic heterocycles. The molecule has 47 heavy (non-hydrogen) atoms. The van der Waals surface area contributed by atoms with Crippen LogP contribution < -0.4 is 0 Å². The lowest BCUT2D eigenvalue weighted by Gasteiger charge is -2.29. The summed E-state index contributed by atoms with van der Waals surface area (Å²) in [5.74, 6) is 0. The van der Waals surface area contributed by atoms with Gasteiger partial charge in [0.25, 0.3) is 0 Å². The van der Waals surface area contributed by atoms with E-state index in [4.69, 9.17) is 18.9 Å². The largest absolute Gasteiger partial charge is 0.395 e. The number of aliphatic hydroxyl groups excluding tert-OH is 2. The molecule has 0 saturated heterocycles. The third-order valence-electron chi connectivity index (χ3n) is 9.00. The molecule has 7 nitrogen and oxygen atoms in total. The van der Waals surface area contributed by atoms with Gasteiger partial charge in [0.2, 0.25) is 0 Å². The first-order valence-corrected chi connectivity index (χ1v) is 20.6. The molecule has 0 aliphatic carbocycles. The highest BCUT2D eigenvalue weighted by Crippen LogP contribution is 2.14. The van der Waals surface area contributed by atoms with Gasteiger partial charge in [-0.05, 0) is 51.5 Å². The third kappa shape index (κ3) is 32.7. The van der Waals surface area contributed by atoms with Crippen molar-refractivity contribution in [3.05, 3.63) is 0 Å². The molecule has 0 saturated carbocycles. The van der Waals surface area contributed by atoms with Gasteiger partial charge >= 0.3 is 0 Å². The molecule has 7 heteroatoms. The van der Waals surface area contributed by atoms with Crippen LogP contribution in [-0.4, -0.2) is 86.5 Å². The van der Waals surface area contributed by atoms with Crippen LogP contribution in [0.2, 0.25) is 0 Å². The van der Waals surface area contributed by atoms with E-state index in [2.05, 4.69) is 32.6 Å². The zero-order valence-corrected chi connectivity index (χ0v) is 32.0. The molecule has 0 fully saturated rings. The van der Waals surface area contributed by atoms with Gasteiger partial charge in [-0.1, -0.05) is 143 Å². The summed E-state index contributed by atoms with van der Waals surface area (Å²) in [6.07, 6.45) is 28.1. The number of hydrogen-bond acceptors (Lipinski definition) is 7. The van der Waals surface area contributed by atoms with Crippen LogP contribution in [0.3, 0.4) is 0 Å². The van der Waals surface area contributed by atoms with Crippen molar-refractivity contribution in [3.63, 3.8) is 0 Å². The van der Waals surface area contributed by atoms with Crippen molar-refractivity contribution in [2.24, 2.45) is 0 Å². The highest BCUT2D eigenvalue weighted by atomic mass is 16.7. The SMILES string of the molecule is CCCCCCCCOC(CCCCN(CCO)C[C@@H](O)C(OCCCCCCC)OCCCCCCC)OCCCCCCCC. The summed E-state index contributed by atoms with van der Waals surface area (Å²) in [6.45, 7) is 13.6. The Hall–Kier alpha value is -0.280. The van der Waals surface area contributed by atoms with Crippen LogP contribution in [-0.2, 0) is 18.9 Å². The van der Waals surface area contributed by atoms with Crippen LogP contribution in [0.1, 0.15) is 188 Å². The lowest BCUT2D eigenvalue weighted by atomic mass is 10.1. The van der Waals surface area contributed by atoms with Gasteiger partial charge in [0.1, 0.15) is 6.10 Å². The van der Waals surface area contributed by atoms with Crippen LogP contribution in [0.15, 0.2) is 0 Å². The molecule has 0 aliphatic rings. The van der Waals surface area contributed by atoms with Crippen molar-refractivity contribution < 1.29 is 29.2 Å². The topological polar surface area (TPSA) is 80.6 Å². The van der Waals surface area contributed by atoms with Crippen molar-refractivity contribution in [2.45, 2.75) is 207 Å². The Morgan fingerprint density at radius 3 is 1.23 bits per heavy atom. The van der Waals surface area contributed by atoms with Gasteiger partial charge < -0.3 is 29.2 Å². The van der Waals surface area contributed by atoms with Crippen molar-refractivity contribution >= 4 is 0 Å². The second-order valence-corrected chi connectivity index (χ2v) is 13.7. The number of aliphatic hydroxyl groups is 2. The Bertz CT molecular complexity index is 549. The van der Waals surface area contributed by atoms with Gasteiger partial charge in [-0.3, -0.25) is 4.90 Å². The molecule has 0 rings (SSSR count). The Balaban J connectivity index is 4.77. The average Bonchev–Trinajstić information content (AvgIpc) is 3.07. The van der Waals surface area contributed by atoms with E-state index in [9.17, 15) is 10.2 Å². The first-order valence-electron chi connectivity index (χ1n) is 20.6. The molecular weight excluding hydrogens is 590 g/mol. The van der Waals surface area contributed by atoms with Gasteiger partial charge in [0.05, 0.1) is 6.61 Å². The van der Waals surface area contributed by atoms with Crippen molar-refractivity contribution in [2.75, 3.05) is 52.7 Å². The predicted molar refractivity (Wildman–Crippen MR) is 199 cm³/mol. The van der Waals surface area contributed by atoms with Gasteiger partial charge in [0.15, 0.2) is 12.6 Å². The minimum absolute atomic E-state index is 0.0688. The minimum Gasteiger partial charge on any atom is -0.395 e. The summed E-state index contributed by atoms with van der Waals surface area (Å²) in [5.41, 5.74) is 0. The molecule has 1 atom stereocenters. The standard InChI is InChI=1S/C40H83NO6/c1-5-9-13-17-21-25-33-44-39(45-34-26-22-18-14-10-6-2)29-23-24-30-41(31-32-42)37-38(43)40(46-35-27-19-15-11-7-3)47-36-28-20-16-12-8-4/h38-40,42-43H,5-37H2,1-4H3/t38-/m1/s1. The number of rotatable bonds is 40. The molecule has 0 amide bonds. The molecular formula is C40H83NO6. The van der Waals surface area contributed by atoms with E-state index in [0.717, 1.165) is 77.5 Å². The van der Waals surface area contributed by atoms with E-state index in [0.29, 0.717) is 26.3 Å². The molecule has 0 unspecified atom stereocenters. The van der Waals surface area contributed by atoms with E-state index >= 15 is 0 Å². The number of nitrogens with zero attached hydrogens (tertiary/aromatic N) is 1. The first-order chi connectivity index (χ1) is 23.1. The highest BCUT2D eigenvalue weighted by molar-refractivity contribution is 4.69.